The highest BCUT2D eigenvalue weighted by Gasteiger charge is 2.37. The second-order valence-corrected chi connectivity index (χ2v) is 12.3. The number of aromatic nitrogens is 1. The Bertz CT molecular complexity index is 1380. The number of sulfone groups is 2. The van der Waals surface area contributed by atoms with Gasteiger partial charge in [0.25, 0.3) is 0 Å². The standard InChI is InChI=1S/C25H31NO5S2/c1-5-15-32(28,29)24-21-17-19(8-4)13-14-26(21)22(25(24)33(30,31)16-6-2)23(27)20-11-9-18(7-3)10-12-20/h9-14,17H,5-8,15-16H2,1-4H3. The molecule has 33 heavy (non-hydrogen) atoms. The summed E-state index contributed by atoms with van der Waals surface area (Å²) in [4.78, 5) is 13.1. The van der Waals surface area contributed by atoms with Gasteiger partial charge in [0, 0.05) is 11.8 Å². The molecule has 0 N–H and O–H groups in total. The first-order chi connectivity index (χ1) is 15.6. The number of ketones is 1. The lowest BCUT2D eigenvalue weighted by Crippen LogP contribution is -2.17. The lowest BCUT2D eigenvalue weighted by Gasteiger charge is -2.09. The molecular weight excluding hydrogens is 458 g/mol. The van der Waals surface area contributed by atoms with Crippen LogP contribution in [0.5, 0.6) is 0 Å². The van der Waals surface area contributed by atoms with Crippen molar-refractivity contribution in [3.05, 3.63) is 65.0 Å². The third kappa shape index (κ3) is 4.77. The van der Waals surface area contributed by atoms with Crippen LogP contribution in [0, 0.1) is 0 Å². The predicted molar refractivity (Wildman–Crippen MR) is 131 cm³/mol. The van der Waals surface area contributed by atoms with Crippen LogP contribution in [0.25, 0.3) is 5.52 Å². The van der Waals surface area contributed by atoms with E-state index < -0.39 is 25.5 Å². The normalized spacial score (nSPS) is 12.4. The van der Waals surface area contributed by atoms with Crippen molar-refractivity contribution >= 4 is 31.0 Å². The van der Waals surface area contributed by atoms with E-state index in [1.54, 1.807) is 44.3 Å². The minimum absolute atomic E-state index is 0.111. The van der Waals surface area contributed by atoms with Crippen LogP contribution < -0.4 is 0 Å². The number of pyridine rings is 1. The Morgan fingerprint density at radius 3 is 1.82 bits per heavy atom. The fraction of sp³-hybridized carbons (Fsp3) is 0.400. The van der Waals surface area contributed by atoms with Crippen LogP contribution in [-0.4, -0.2) is 38.5 Å². The number of carbonyl (C=O) groups excluding carboxylic acids is 1. The number of fused-ring (bicyclic) bond motifs is 1. The van der Waals surface area contributed by atoms with Crippen molar-refractivity contribution in [2.45, 2.75) is 63.2 Å². The minimum atomic E-state index is -4.04. The molecule has 178 valence electrons. The molecule has 0 fully saturated rings. The van der Waals surface area contributed by atoms with E-state index in [2.05, 4.69) is 0 Å². The van der Waals surface area contributed by atoms with Crippen molar-refractivity contribution < 1.29 is 21.6 Å². The largest absolute Gasteiger partial charge is 0.311 e. The number of aryl methyl sites for hydroxylation is 2. The Kier molecular flexibility index (Phi) is 7.49. The van der Waals surface area contributed by atoms with E-state index in [1.165, 1.54) is 4.40 Å². The third-order valence-corrected chi connectivity index (χ3v) is 9.80. The molecule has 0 saturated carbocycles. The lowest BCUT2D eigenvalue weighted by molar-refractivity contribution is 0.103. The average molecular weight is 490 g/mol. The summed E-state index contributed by atoms with van der Waals surface area (Å²) < 4.78 is 55.1. The summed E-state index contributed by atoms with van der Waals surface area (Å²) in [6.45, 7) is 7.39. The van der Waals surface area contributed by atoms with E-state index in [-0.39, 0.29) is 32.5 Å². The molecule has 0 spiro atoms. The maximum atomic E-state index is 13.7. The van der Waals surface area contributed by atoms with E-state index >= 15 is 0 Å². The van der Waals surface area contributed by atoms with Crippen LogP contribution in [0.15, 0.2) is 52.4 Å². The van der Waals surface area contributed by atoms with Gasteiger partial charge in [-0.3, -0.25) is 4.79 Å². The number of rotatable bonds is 10. The molecule has 0 aliphatic rings. The summed E-state index contributed by atoms with van der Waals surface area (Å²) in [6.07, 6.45) is 3.70. The molecule has 0 aliphatic heterocycles. The Balaban J connectivity index is 2.48. The molecule has 2 heterocycles. The molecule has 1 aromatic carbocycles. The van der Waals surface area contributed by atoms with Crippen LogP contribution >= 0.6 is 0 Å². The van der Waals surface area contributed by atoms with E-state index in [0.717, 1.165) is 17.5 Å². The second-order valence-electron chi connectivity index (χ2n) is 8.17. The molecule has 0 amide bonds. The van der Waals surface area contributed by atoms with Crippen LogP contribution in [0.1, 0.15) is 67.7 Å². The van der Waals surface area contributed by atoms with Crippen molar-refractivity contribution in [3.63, 3.8) is 0 Å². The fourth-order valence-electron chi connectivity index (χ4n) is 4.04. The van der Waals surface area contributed by atoms with E-state index in [9.17, 15) is 21.6 Å². The number of hydrogen-bond donors (Lipinski definition) is 0. The molecule has 2 aromatic heterocycles. The van der Waals surface area contributed by atoms with Gasteiger partial charge in [-0.2, -0.15) is 0 Å². The van der Waals surface area contributed by atoms with Gasteiger partial charge in [-0.15, -0.1) is 0 Å². The zero-order chi connectivity index (χ0) is 24.4. The number of benzene rings is 1. The van der Waals surface area contributed by atoms with E-state index in [1.807, 2.05) is 26.0 Å². The second kappa shape index (κ2) is 9.81. The summed E-state index contributed by atoms with van der Waals surface area (Å²) in [5.41, 5.74) is 2.35. The van der Waals surface area contributed by atoms with Gasteiger partial charge in [0.2, 0.25) is 5.78 Å². The molecular formula is C25H31NO5S2. The highest BCUT2D eigenvalue weighted by atomic mass is 32.2. The first-order valence-corrected chi connectivity index (χ1v) is 14.7. The van der Waals surface area contributed by atoms with Crippen LogP contribution in [-0.2, 0) is 32.5 Å². The third-order valence-electron chi connectivity index (χ3n) is 5.73. The van der Waals surface area contributed by atoms with Crippen molar-refractivity contribution in [2.75, 3.05) is 11.5 Å². The van der Waals surface area contributed by atoms with Gasteiger partial charge in [0.05, 0.1) is 17.0 Å². The molecule has 3 aromatic rings. The van der Waals surface area contributed by atoms with Gasteiger partial charge < -0.3 is 4.40 Å². The molecule has 0 aliphatic carbocycles. The van der Waals surface area contributed by atoms with Crippen LogP contribution in [0.3, 0.4) is 0 Å². The highest BCUT2D eigenvalue weighted by Crippen LogP contribution is 2.36. The molecule has 0 unspecified atom stereocenters. The number of nitrogens with zero attached hydrogens (tertiary/aromatic N) is 1. The maximum absolute atomic E-state index is 13.7. The molecule has 0 atom stereocenters. The fourth-order valence-corrected chi connectivity index (χ4v) is 8.01. The summed E-state index contributed by atoms with van der Waals surface area (Å²) in [6, 6.07) is 10.5. The zero-order valence-electron chi connectivity index (χ0n) is 19.6. The molecule has 0 saturated heterocycles. The average Bonchev–Trinajstić information content (AvgIpc) is 3.14. The van der Waals surface area contributed by atoms with E-state index in [0.29, 0.717) is 24.8 Å². The summed E-state index contributed by atoms with van der Waals surface area (Å²) >= 11 is 0. The van der Waals surface area contributed by atoms with Gasteiger partial charge in [0.15, 0.2) is 19.7 Å². The Hall–Kier alpha value is -2.45. The predicted octanol–water partition coefficient (Wildman–Crippen LogP) is 4.66. The number of hydrogen-bond acceptors (Lipinski definition) is 5. The van der Waals surface area contributed by atoms with Gasteiger partial charge in [0.1, 0.15) is 15.5 Å². The van der Waals surface area contributed by atoms with Crippen molar-refractivity contribution in [1.29, 1.82) is 0 Å². The first-order valence-electron chi connectivity index (χ1n) is 11.4. The molecule has 0 radical (unpaired) electrons. The smallest absolute Gasteiger partial charge is 0.211 e. The van der Waals surface area contributed by atoms with Gasteiger partial charge >= 0.3 is 0 Å². The van der Waals surface area contributed by atoms with Crippen LogP contribution in [0.2, 0.25) is 0 Å². The van der Waals surface area contributed by atoms with Gasteiger partial charge in [-0.25, -0.2) is 16.8 Å². The van der Waals surface area contributed by atoms with Crippen molar-refractivity contribution in [1.82, 2.24) is 4.40 Å². The molecule has 3 rings (SSSR count). The summed E-state index contributed by atoms with van der Waals surface area (Å²) in [5, 5.41) is 0. The van der Waals surface area contributed by atoms with Crippen LogP contribution in [0.4, 0.5) is 0 Å². The SMILES string of the molecule is CCCS(=O)(=O)c1c(S(=O)(=O)CCC)c2cc(CC)ccn2c1C(=O)c1ccc(CC)cc1. The molecule has 0 bridgehead atoms. The summed E-state index contributed by atoms with van der Waals surface area (Å²) in [7, 11) is -7.99. The maximum Gasteiger partial charge on any atom is 0.211 e. The molecule has 6 nitrogen and oxygen atoms in total. The van der Waals surface area contributed by atoms with Crippen molar-refractivity contribution in [2.24, 2.45) is 0 Å². The van der Waals surface area contributed by atoms with Gasteiger partial charge in [-0.05, 0) is 48.9 Å². The Morgan fingerprint density at radius 2 is 1.30 bits per heavy atom. The van der Waals surface area contributed by atoms with Gasteiger partial charge in [-0.1, -0.05) is 52.0 Å². The van der Waals surface area contributed by atoms with Crippen molar-refractivity contribution in [3.8, 4) is 0 Å². The Morgan fingerprint density at radius 1 is 0.758 bits per heavy atom. The first kappa shape index (κ1) is 25.2. The molecule has 8 heteroatoms. The quantitative estimate of drug-likeness (QED) is 0.386. The monoisotopic (exact) mass is 489 g/mol. The topological polar surface area (TPSA) is 89.8 Å². The zero-order valence-corrected chi connectivity index (χ0v) is 21.2. The number of carbonyl (C=O) groups is 1. The summed E-state index contributed by atoms with van der Waals surface area (Å²) in [5.74, 6) is -0.949. The lowest BCUT2D eigenvalue weighted by atomic mass is 10.1. The Labute approximate surface area is 196 Å². The van der Waals surface area contributed by atoms with E-state index in [4.69, 9.17) is 0 Å². The highest BCUT2D eigenvalue weighted by molar-refractivity contribution is 7.94. The minimum Gasteiger partial charge on any atom is -0.311 e.